The van der Waals surface area contributed by atoms with Gasteiger partial charge in [0.25, 0.3) is 0 Å². The van der Waals surface area contributed by atoms with E-state index in [0.29, 0.717) is 11.2 Å². The van der Waals surface area contributed by atoms with Gasteiger partial charge in [-0.05, 0) is 85.5 Å². The summed E-state index contributed by atoms with van der Waals surface area (Å²) in [6.07, 6.45) is 0. The maximum Gasteiger partial charge on any atom is 0.171 e. The van der Waals surface area contributed by atoms with Crippen LogP contribution >= 0.6 is 28.1 Å². The molecule has 122 valence electrons. The molecule has 2 rings (SSSR count). The van der Waals surface area contributed by atoms with Crippen LogP contribution in [0, 0.1) is 20.8 Å². The zero-order valence-electron chi connectivity index (χ0n) is 14.3. The lowest BCUT2D eigenvalue weighted by atomic mass is 9.93. The maximum atomic E-state index is 5.42. The van der Waals surface area contributed by atoms with Gasteiger partial charge in [-0.25, -0.2) is 0 Å². The van der Waals surface area contributed by atoms with Crippen LogP contribution in [0.15, 0.2) is 34.8 Å². The molecule has 0 spiro atoms. The summed E-state index contributed by atoms with van der Waals surface area (Å²) in [6, 6.07) is 11.0. The number of nitrogens with one attached hydrogen (secondary N) is 2. The summed E-state index contributed by atoms with van der Waals surface area (Å²) in [7, 11) is 0. The van der Waals surface area contributed by atoms with Crippen LogP contribution in [0.5, 0.6) is 0 Å². The maximum absolute atomic E-state index is 5.42. The molecule has 0 aliphatic heterocycles. The van der Waals surface area contributed by atoms with Crippen LogP contribution in [-0.2, 0) is 0 Å². The third-order valence-electron chi connectivity index (χ3n) is 3.62. The Morgan fingerprint density at radius 2 is 1.70 bits per heavy atom. The molecule has 2 aromatic carbocycles. The molecule has 0 aliphatic rings. The molecule has 0 radical (unpaired) electrons. The van der Waals surface area contributed by atoms with Crippen molar-refractivity contribution in [2.75, 3.05) is 5.32 Å². The normalized spacial score (nSPS) is 10.7. The molecule has 0 bridgehead atoms. The van der Waals surface area contributed by atoms with Crippen LogP contribution in [0.25, 0.3) is 11.1 Å². The molecule has 0 aliphatic carbocycles. The molecular weight excluding hydrogens is 368 g/mol. The van der Waals surface area contributed by atoms with Gasteiger partial charge in [0.05, 0.1) is 5.69 Å². The van der Waals surface area contributed by atoms with Crippen molar-refractivity contribution in [3.8, 4) is 11.1 Å². The van der Waals surface area contributed by atoms with Crippen LogP contribution in [0.2, 0.25) is 0 Å². The molecule has 0 saturated heterocycles. The minimum Gasteiger partial charge on any atom is -0.360 e. The first-order chi connectivity index (χ1) is 10.8. The van der Waals surface area contributed by atoms with Gasteiger partial charge in [0, 0.05) is 16.1 Å². The monoisotopic (exact) mass is 390 g/mol. The molecule has 0 amide bonds. The Kier molecular flexibility index (Phi) is 5.82. The lowest BCUT2D eigenvalue weighted by Gasteiger charge is -2.20. The van der Waals surface area contributed by atoms with E-state index < -0.39 is 0 Å². The molecule has 0 unspecified atom stereocenters. The first kappa shape index (κ1) is 18.0. The van der Waals surface area contributed by atoms with Crippen molar-refractivity contribution in [2.45, 2.75) is 40.7 Å². The fourth-order valence-corrected chi connectivity index (χ4v) is 3.68. The van der Waals surface area contributed by atoms with Crippen LogP contribution in [0.1, 0.15) is 30.5 Å². The first-order valence-electron chi connectivity index (χ1n) is 7.74. The average Bonchev–Trinajstić information content (AvgIpc) is 2.40. The van der Waals surface area contributed by atoms with Crippen molar-refractivity contribution in [3.63, 3.8) is 0 Å². The van der Waals surface area contributed by atoms with E-state index in [0.717, 1.165) is 15.7 Å². The number of para-hydroxylation sites is 1. The first-order valence-corrected chi connectivity index (χ1v) is 8.94. The van der Waals surface area contributed by atoms with Gasteiger partial charge in [-0.15, -0.1) is 0 Å². The molecular formula is C19H23BrN2S. The van der Waals surface area contributed by atoms with E-state index >= 15 is 0 Å². The van der Waals surface area contributed by atoms with Gasteiger partial charge in [-0.1, -0.05) is 29.8 Å². The van der Waals surface area contributed by atoms with Crippen LogP contribution in [-0.4, -0.2) is 11.2 Å². The van der Waals surface area contributed by atoms with Gasteiger partial charge in [0.1, 0.15) is 0 Å². The molecule has 4 heteroatoms. The zero-order valence-corrected chi connectivity index (χ0v) is 16.7. The molecule has 0 saturated carbocycles. The standard InChI is InChI=1S/C19H23BrN2S/c1-11(2)21-19(23)22-18-15(7-6-8-16(18)20)17-13(4)9-12(3)10-14(17)5/h6-11H,1-5H3,(H2,21,22,23). The fourth-order valence-electron chi connectivity index (χ4n) is 2.88. The van der Waals surface area contributed by atoms with E-state index in [1.165, 1.54) is 22.3 Å². The molecule has 0 atom stereocenters. The predicted molar refractivity (Wildman–Crippen MR) is 108 cm³/mol. The van der Waals surface area contributed by atoms with Crippen LogP contribution in [0.4, 0.5) is 5.69 Å². The number of anilines is 1. The van der Waals surface area contributed by atoms with Crippen LogP contribution < -0.4 is 10.6 Å². The number of hydrogen-bond donors (Lipinski definition) is 2. The van der Waals surface area contributed by atoms with Gasteiger partial charge in [-0.3, -0.25) is 0 Å². The Hall–Kier alpha value is -1.39. The molecule has 0 heterocycles. The summed E-state index contributed by atoms with van der Waals surface area (Å²) in [4.78, 5) is 0. The van der Waals surface area contributed by atoms with Crippen molar-refractivity contribution < 1.29 is 0 Å². The SMILES string of the molecule is Cc1cc(C)c(-c2cccc(Br)c2NC(=S)NC(C)C)c(C)c1. The van der Waals surface area contributed by atoms with Crippen molar-refractivity contribution >= 4 is 38.9 Å². The third-order valence-corrected chi connectivity index (χ3v) is 4.50. The highest BCUT2D eigenvalue weighted by atomic mass is 79.9. The topological polar surface area (TPSA) is 24.1 Å². The summed E-state index contributed by atoms with van der Waals surface area (Å²) in [6.45, 7) is 10.6. The number of hydrogen-bond acceptors (Lipinski definition) is 1. The highest BCUT2D eigenvalue weighted by Gasteiger charge is 2.14. The second-order valence-corrected chi connectivity index (χ2v) is 7.45. The Bertz CT molecular complexity index is 715. The molecule has 0 aromatic heterocycles. The van der Waals surface area contributed by atoms with Crippen LogP contribution in [0.3, 0.4) is 0 Å². The Morgan fingerprint density at radius 3 is 2.26 bits per heavy atom. The predicted octanol–water partition coefficient (Wildman–Crippen LogP) is 5.74. The van der Waals surface area contributed by atoms with E-state index in [2.05, 4.69) is 85.4 Å². The molecule has 0 fully saturated rings. The second-order valence-electron chi connectivity index (χ2n) is 6.19. The highest BCUT2D eigenvalue weighted by molar-refractivity contribution is 9.10. The Balaban J connectivity index is 2.53. The van der Waals surface area contributed by atoms with Gasteiger partial charge in [0.2, 0.25) is 0 Å². The molecule has 2 aromatic rings. The second kappa shape index (κ2) is 7.45. The van der Waals surface area contributed by atoms with Crippen molar-refractivity contribution in [1.82, 2.24) is 5.32 Å². The number of halogens is 1. The quantitative estimate of drug-likeness (QED) is 0.653. The van der Waals surface area contributed by atoms with Gasteiger partial charge < -0.3 is 10.6 Å². The summed E-state index contributed by atoms with van der Waals surface area (Å²) in [5.74, 6) is 0. The van der Waals surface area contributed by atoms with Gasteiger partial charge in [-0.2, -0.15) is 0 Å². The Labute approximate surface area is 152 Å². The lowest BCUT2D eigenvalue weighted by Crippen LogP contribution is -2.34. The van der Waals surface area contributed by atoms with E-state index in [4.69, 9.17) is 12.2 Å². The average molecular weight is 391 g/mol. The number of thiocarbonyl (C=S) groups is 1. The number of benzene rings is 2. The van der Waals surface area contributed by atoms with E-state index in [9.17, 15) is 0 Å². The van der Waals surface area contributed by atoms with Crippen molar-refractivity contribution in [2.24, 2.45) is 0 Å². The van der Waals surface area contributed by atoms with E-state index in [-0.39, 0.29) is 0 Å². The summed E-state index contributed by atoms with van der Waals surface area (Å²) >= 11 is 9.08. The fraction of sp³-hybridized carbons (Fsp3) is 0.316. The summed E-state index contributed by atoms with van der Waals surface area (Å²) in [5, 5.41) is 7.22. The largest absolute Gasteiger partial charge is 0.360 e. The lowest BCUT2D eigenvalue weighted by molar-refractivity contribution is 0.739. The van der Waals surface area contributed by atoms with Gasteiger partial charge >= 0.3 is 0 Å². The summed E-state index contributed by atoms with van der Waals surface area (Å²) < 4.78 is 1.00. The van der Waals surface area contributed by atoms with Crippen molar-refractivity contribution in [1.29, 1.82) is 0 Å². The molecule has 2 nitrogen and oxygen atoms in total. The minimum absolute atomic E-state index is 0.295. The smallest absolute Gasteiger partial charge is 0.171 e. The van der Waals surface area contributed by atoms with E-state index in [1.807, 2.05) is 6.07 Å². The zero-order chi connectivity index (χ0) is 17.1. The minimum atomic E-state index is 0.295. The molecule has 23 heavy (non-hydrogen) atoms. The number of aryl methyl sites for hydroxylation is 3. The third kappa shape index (κ3) is 4.33. The van der Waals surface area contributed by atoms with Crippen molar-refractivity contribution in [3.05, 3.63) is 51.5 Å². The number of rotatable bonds is 3. The van der Waals surface area contributed by atoms with Gasteiger partial charge in [0.15, 0.2) is 5.11 Å². The highest BCUT2D eigenvalue weighted by Crippen LogP contribution is 2.38. The molecule has 2 N–H and O–H groups in total. The Morgan fingerprint density at radius 1 is 1.09 bits per heavy atom. The van der Waals surface area contributed by atoms with E-state index in [1.54, 1.807) is 0 Å². The summed E-state index contributed by atoms with van der Waals surface area (Å²) in [5.41, 5.74) is 7.23.